The van der Waals surface area contributed by atoms with Gasteiger partial charge in [0.25, 0.3) is 21.6 Å². The molecule has 280 valence electrons. The lowest BCUT2D eigenvalue weighted by Crippen LogP contribution is -2.54. The number of hydrogen-bond donors (Lipinski definition) is 2. The Morgan fingerprint density at radius 1 is 0.907 bits per heavy atom. The van der Waals surface area contributed by atoms with Crippen molar-refractivity contribution in [3.05, 3.63) is 147 Å². The van der Waals surface area contributed by atoms with Crippen molar-refractivity contribution in [3.8, 4) is 11.1 Å². The van der Waals surface area contributed by atoms with Crippen molar-refractivity contribution in [3.63, 3.8) is 0 Å². The number of nitrogens with one attached hydrogen (secondary N) is 2. The van der Waals surface area contributed by atoms with Crippen molar-refractivity contribution in [2.45, 2.75) is 35.2 Å². The van der Waals surface area contributed by atoms with Crippen LogP contribution in [0.5, 0.6) is 0 Å². The minimum absolute atomic E-state index is 0. The van der Waals surface area contributed by atoms with Crippen LogP contribution < -0.4 is 14.9 Å². The molecule has 14 heteroatoms. The van der Waals surface area contributed by atoms with Crippen LogP contribution in [0.3, 0.4) is 0 Å². The molecule has 2 N–H and O–H groups in total. The highest BCUT2D eigenvalue weighted by molar-refractivity contribution is 7.99. The molecule has 54 heavy (non-hydrogen) atoms. The fraction of sp³-hybridized carbons (Fsp3) is 0.225. The van der Waals surface area contributed by atoms with Crippen molar-refractivity contribution in [2.75, 3.05) is 42.1 Å². The van der Waals surface area contributed by atoms with E-state index < -0.39 is 20.9 Å². The third-order valence-corrected chi connectivity index (χ3v) is 12.2. The fourth-order valence-corrected chi connectivity index (χ4v) is 8.86. The molecular weight excluding hydrogens is 766 g/mol. The largest absolute Gasteiger partial charge is 0.379 e. The zero-order valence-electron chi connectivity index (χ0n) is 29.2. The first kappa shape index (κ1) is 39.1. The fourth-order valence-electron chi connectivity index (χ4n) is 6.95. The van der Waals surface area contributed by atoms with Crippen LogP contribution in [0.2, 0.25) is 5.02 Å². The van der Waals surface area contributed by atoms with E-state index in [1.807, 2.05) is 60.7 Å². The van der Waals surface area contributed by atoms with E-state index in [1.54, 1.807) is 23.9 Å². The summed E-state index contributed by atoms with van der Waals surface area (Å²) in [6.45, 7) is 3.95. The van der Waals surface area contributed by atoms with Gasteiger partial charge < -0.3 is 10.2 Å². The van der Waals surface area contributed by atoms with Crippen LogP contribution in [-0.2, 0) is 23.0 Å². The maximum atomic E-state index is 13.3. The number of halogens is 2. The zero-order valence-corrected chi connectivity index (χ0v) is 32.4. The Bertz CT molecular complexity index is 2230. The maximum absolute atomic E-state index is 13.3. The summed E-state index contributed by atoms with van der Waals surface area (Å²) in [5, 5.41) is 15.6. The van der Waals surface area contributed by atoms with Gasteiger partial charge >= 0.3 is 0 Å². The Hall–Kier alpha value is -4.59. The SMILES string of the molecule is Cl.O=C(NS(=O)(=O)c1ccc(NCCSc2ccccc2)c([N+](=O)[O-])c1)c1ccc2c(c1)CC[C@H]1CN(Cc3ccc(-c4ccc(Cl)cc4)cc3)CCN21. The number of nitrogens with zero attached hydrogens (tertiary/aromatic N) is 3. The van der Waals surface area contributed by atoms with Crippen LogP contribution in [-0.4, -0.2) is 62.1 Å². The van der Waals surface area contributed by atoms with Gasteiger partial charge in [0.15, 0.2) is 0 Å². The van der Waals surface area contributed by atoms with E-state index in [4.69, 9.17) is 11.6 Å². The van der Waals surface area contributed by atoms with Crippen LogP contribution in [0.25, 0.3) is 11.1 Å². The van der Waals surface area contributed by atoms with E-state index in [0.717, 1.165) is 77.4 Å². The average Bonchev–Trinajstić information content (AvgIpc) is 3.17. The number of rotatable bonds is 12. The molecule has 0 spiro atoms. The standard InChI is InChI=1S/C40H38ClN5O5S2.ClH/c41-33-14-10-30(11-15-33)29-8-6-28(7-9-29)26-44-21-22-45-34(27-44)16-12-31-24-32(13-19-38(31)45)40(47)43-53(50,51)36-17-18-37(39(25-36)46(48)49)42-20-23-52-35-4-2-1-3-5-35;/h1-11,13-15,17-19,24-25,34,42H,12,16,20-23,26-27H2,(H,43,47);1H/t34-;/m0./s1. The lowest BCUT2D eigenvalue weighted by molar-refractivity contribution is -0.384. The van der Waals surface area contributed by atoms with Gasteiger partial charge in [0.2, 0.25) is 0 Å². The number of piperazine rings is 1. The van der Waals surface area contributed by atoms with Gasteiger partial charge in [-0.3, -0.25) is 19.8 Å². The second kappa shape index (κ2) is 17.3. The van der Waals surface area contributed by atoms with Gasteiger partial charge in [0.1, 0.15) is 5.69 Å². The van der Waals surface area contributed by atoms with Gasteiger partial charge in [-0.05, 0) is 89.7 Å². The van der Waals surface area contributed by atoms with Crippen LogP contribution in [0.1, 0.15) is 27.9 Å². The number of thioether (sulfide) groups is 1. The topological polar surface area (TPSA) is 125 Å². The number of carbonyl (C=O) groups excluding carboxylic acids is 1. The summed E-state index contributed by atoms with van der Waals surface area (Å²) < 4.78 is 28.6. The van der Waals surface area contributed by atoms with Crippen molar-refractivity contribution in [1.82, 2.24) is 9.62 Å². The number of benzene rings is 5. The molecule has 1 fully saturated rings. The Labute approximate surface area is 330 Å². The predicted octanol–water partition coefficient (Wildman–Crippen LogP) is 8.30. The second-order valence-electron chi connectivity index (χ2n) is 13.1. The molecule has 0 unspecified atom stereocenters. The molecule has 0 radical (unpaired) electrons. The number of nitro groups is 1. The van der Waals surface area contributed by atoms with Crippen LogP contribution >= 0.6 is 35.8 Å². The summed E-state index contributed by atoms with van der Waals surface area (Å²) in [6.07, 6.45) is 1.68. The van der Waals surface area contributed by atoms with Crippen molar-refractivity contribution >= 4 is 68.8 Å². The molecule has 0 aliphatic carbocycles. The van der Waals surface area contributed by atoms with E-state index >= 15 is 0 Å². The summed E-state index contributed by atoms with van der Waals surface area (Å²) in [4.78, 5) is 30.1. The number of aryl methyl sites for hydroxylation is 1. The smallest absolute Gasteiger partial charge is 0.293 e. The molecule has 1 saturated heterocycles. The summed E-state index contributed by atoms with van der Waals surface area (Å²) in [7, 11) is -4.39. The van der Waals surface area contributed by atoms with Crippen molar-refractivity contribution in [2.24, 2.45) is 0 Å². The predicted molar refractivity (Wildman–Crippen MR) is 219 cm³/mol. The first-order valence-electron chi connectivity index (χ1n) is 17.4. The minimum Gasteiger partial charge on any atom is -0.379 e. The first-order valence-corrected chi connectivity index (χ1v) is 20.2. The number of nitro benzene ring substituents is 1. The molecule has 0 bridgehead atoms. The van der Waals surface area contributed by atoms with Crippen LogP contribution in [0.4, 0.5) is 17.1 Å². The van der Waals surface area contributed by atoms with Gasteiger partial charge in [-0.1, -0.05) is 66.2 Å². The highest BCUT2D eigenvalue weighted by Crippen LogP contribution is 2.34. The monoisotopic (exact) mass is 803 g/mol. The van der Waals surface area contributed by atoms with E-state index in [1.165, 1.54) is 17.7 Å². The van der Waals surface area contributed by atoms with Gasteiger partial charge in [0.05, 0.1) is 9.82 Å². The second-order valence-corrected chi connectivity index (χ2v) is 16.4. The number of carbonyl (C=O) groups is 1. The molecule has 2 heterocycles. The average molecular weight is 805 g/mol. The summed E-state index contributed by atoms with van der Waals surface area (Å²) >= 11 is 7.64. The van der Waals surface area contributed by atoms with Crippen molar-refractivity contribution < 1.29 is 18.1 Å². The van der Waals surface area contributed by atoms with Crippen LogP contribution in [0, 0.1) is 10.1 Å². The molecule has 2 aliphatic heterocycles. The highest BCUT2D eigenvalue weighted by Gasteiger charge is 2.32. The third-order valence-electron chi connectivity index (χ3n) is 9.64. The van der Waals surface area contributed by atoms with E-state index in [0.29, 0.717) is 18.3 Å². The van der Waals surface area contributed by atoms with E-state index in [9.17, 15) is 23.3 Å². The number of anilines is 2. The molecule has 1 amide bonds. The number of hydrogen-bond acceptors (Lipinski definition) is 9. The summed E-state index contributed by atoms with van der Waals surface area (Å²) in [6, 6.07) is 35.5. The molecular formula is C40H39Cl2N5O5S2. The van der Waals surface area contributed by atoms with E-state index in [-0.39, 0.29) is 34.2 Å². The molecule has 7 rings (SSSR count). The van der Waals surface area contributed by atoms with Crippen molar-refractivity contribution in [1.29, 1.82) is 0 Å². The summed E-state index contributed by atoms with van der Waals surface area (Å²) in [5.74, 6) is -0.138. The Balaban J connectivity index is 0.00000497. The van der Waals surface area contributed by atoms with Gasteiger partial charge in [-0.25, -0.2) is 13.1 Å². The molecule has 0 aromatic heterocycles. The molecule has 2 aliphatic rings. The minimum atomic E-state index is -4.39. The maximum Gasteiger partial charge on any atom is 0.293 e. The molecule has 5 aromatic carbocycles. The third kappa shape index (κ3) is 9.19. The Morgan fingerprint density at radius 2 is 1.63 bits per heavy atom. The Morgan fingerprint density at radius 3 is 2.35 bits per heavy atom. The normalized spacial score (nSPS) is 15.4. The lowest BCUT2D eigenvalue weighted by atomic mass is 9.92. The highest BCUT2D eigenvalue weighted by atomic mass is 35.5. The molecule has 10 nitrogen and oxygen atoms in total. The molecule has 5 aromatic rings. The Kier molecular flexibility index (Phi) is 12.5. The number of sulfonamides is 1. The van der Waals surface area contributed by atoms with Gasteiger partial charge in [-0.15, -0.1) is 24.2 Å². The van der Waals surface area contributed by atoms with E-state index in [2.05, 4.69) is 44.1 Å². The van der Waals surface area contributed by atoms with Gasteiger partial charge in [0, 0.05) is 71.8 Å². The molecule has 0 saturated carbocycles. The molecule has 1 atom stereocenters. The summed E-state index contributed by atoms with van der Waals surface area (Å²) in [5.41, 5.74) is 5.63. The van der Waals surface area contributed by atoms with Gasteiger partial charge in [-0.2, -0.15) is 0 Å². The quantitative estimate of drug-likeness (QED) is 0.0555. The first-order chi connectivity index (χ1) is 25.6. The lowest BCUT2D eigenvalue weighted by Gasteiger charge is -2.46. The number of amides is 1. The zero-order chi connectivity index (χ0) is 37.0. The number of fused-ring (bicyclic) bond motifs is 3. The van der Waals surface area contributed by atoms with Crippen LogP contribution in [0.15, 0.2) is 125 Å².